The fourth-order valence-electron chi connectivity index (χ4n) is 1.71. The molecule has 3 nitrogen and oxygen atoms in total. The van der Waals surface area contributed by atoms with Crippen LogP contribution in [0.2, 0.25) is 0 Å². The van der Waals surface area contributed by atoms with E-state index in [1.165, 1.54) is 19.5 Å². The van der Waals surface area contributed by atoms with Gasteiger partial charge in [0.1, 0.15) is 0 Å². The predicted octanol–water partition coefficient (Wildman–Crippen LogP) is 0.659. The van der Waals surface area contributed by atoms with E-state index >= 15 is 0 Å². The van der Waals surface area contributed by atoms with E-state index in [9.17, 15) is 0 Å². The molecule has 0 N–H and O–H groups in total. The average molecular weight is 186 g/mol. The van der Waals surface area contributed by atoms with Gasteiger partial charge in [-0.15, -0.1) is 0 Å². The molecule has 1 saturated heterocycles. The maximum Gasteiger partial charge on any atom is 0.0714 e. The molecular formula is C10H22N2O. The van der Waals surface area contributed by atoms with Crippen LogP contribution in [0.5, 0.6) is 0 Å². The van der Waals surface area contributed by atoms with Gasteiger partial charge in [-0.2, -0.15) is 0 Å². The third-order valence-corrected chi connectivity index (χ3v) is 2.49. The van der Waals surface area contributed by atoms with Gasteiger partial charge in [-0.3, -0.25) is 4.90 Å². The smallest absolute Gasteiger partial charge is 0.0714 e. The Kier molecular flexibility index (Phi) is 4.70. The van der Waals surface area contributed by atoms with Crippen molar-refractivity contribution in [3.05, 3.63) is 0 Å². The molecule has 1 heterocycles. The molecule has 0 aromatic rings. The fourth-order valence-corrected chi connectivity index (χ4v) is 1.71. The second kappa shape index (κ2) is 5.58. The van der Waals surface area contributed by atoms with Crippen LogP contribution in [-0.2, 0) is 4.74 Å². The quantitative estimate of drug-likeness (QED) is 0.627. The van der Waals surface area contributed by atoms with Crippen LogP contribution in [0.15, 0.2) is 0 Å². The highest BCUT2D eigenvalue weighted by molar-refractivity contribution is 4.76. The molecule has 0 bridgehead atoms. The first-order valence-electron chi connectivity index (χ1n) is 5.21. The van der Waals surface area contributed by atoms with Gasteiger partial charge in [-0.05, 0) is 27.4 Å². The summed E-state index contributed by atoms with van der Waals surface area (Å²) in [7, 11) is 4.24. The van der Waals surface area contributed by atoms with E-state index in [4.69, 9.17) is 4.74 Å². The van der Waals surface area contributed by atoms with Gasteiger partial charge < -0.3 is 9.64 Å². The highest BCUT2D eigenvalue weighted by Crippen LogP contribution is 2.11. The van der Waals surface area contributed by atoms with E-state index < -0.39 is 0 Å². The largest absolute Gasteiger partial charge is 0.377 e. The second-order valence-electron chi connectivity index (χ2n) is 3.97. The lowest BCUT2D eigenvalue weighted by atomic mass is 10.3. The standard InChI is InChI=1S/C10H22N2O/c1-4-13-10-5-6-12(9-10)8-7-11(2)3/h10H,4-9H2,1-3H3. The SMILES string of the molecule is CCOC1CCN(CCN(C)C)C1. The molecule has 78 valence electrons. The van der Waals surface area contributed by atoms with E-state index in [2.05, 4.69) is 30.8 Å². The number of ether oxygens (including phenoxy) is 1. The van der Waals surface area contributed by atoms with Crippen molar-refractivity contribution in [1.82, 2.24) is 9.80 Å². The summed E-state index contributed by atoms with van der Waals surface area (Å²) in [6.45, 7) is 7.59. The van der Waals surface area contributed by atoms with E-state index in [0.29, 0.717) is 6.10 Å². The van der Waals surface area contributed by atoms with Crippen molar-refractivity contribution in [2.45, 2.75) is 19.4 Å². The zero-order valence-electron chi connectivity index (χ0n) is 9.12. The highest BCUT2D eigenvalue weighted by Gasteiger charge is 2.21. The number of hydrogen-bond donors (Lipinski definition) is 0. The van der Waals surface area contributed by atoms with Crippen LogP contribution in [-0.4, -0.2) is 62.8 Å². The van der Waals surface area contributed by atoms with Gasteiger partial charge in [0.15, 0.2) is 0 Å². The molecule has 3 heteroatoms. The fraction of sp³-hybridized carbons (Fsp3) is 1.00. The number of likely N-dealkylation sites (tertiary alicyclic amines) is 1. The summed E-state index contributed by atoms with van der Waals surface area (Å²) in [5, 5.41) is 0. The van der Waals surface area contributed by atoms with Crippen LogP contribution in [0, 0.1) is 0 Å². The molecule has 0 saturated carbocycles. The topological polar surface area (TPSA) is 15.7 Å². The third-order valence-electron chi connectivity index (χ3n) is 2.49. The molecule has 0 aromatic carbocycles. The van der Waals surface area contributed by atoms with Crippen molar-refractivity contribution in [2.75, 3.05) is 46.9 Å². The Bertz CT molecular complexity index is 139. The first-order valence-corrected chi connectivity index (χ1v) is 5.21. The minimum atomic E-state index is 0.493. The van der Waals surface area contributed by atoms with Gasteiger partial charge >= 0.3 is 0 Å². The lowest BCUT2D eigenvalue weighted by Gasteiger charge is -2.18. The van der Waals surface area contributed by atoms with Gasteiger partial charge in [0.2, 0.25) is 0 Å². The van der Waals surface area contributed by atoms with Gasteiger partial charge in [0.05, 0.1) is 6.10 Å². The normalized spacial score (nSPS) is 24.5. The van der Waals surface area contributed by atoms with Crippen LogP contribution in [0.4, 0.5) is 0 Å². The summed E-state index contributed by atoms with van der Waals surface area (Å²) in [4.78, 5) is 4.72. The van der Waals surface area contributed by atoms with E-state index in [1.54, 1.807) is 0 Å². The first kappa shape index (κ1) is 11.0. The Balaban J connectivity index is 2.10. The van der Waals surface area contributed by atoms with Crippen LogP contribution >= 0.6 is 0 Å². The lowest BCUT2D eigenvalue weighted by molar-refractivity contribution is 0.0684. The predicted molar refractivity (Wildman–Crippen MR) is 55.0 cm³/mol. The molecular weight excluding hydrogens is 164 g/mol. The Morgan fingerprint density at radius 3 is 2.85 bits per heavy atom. The Morgan fingerprint density at radius 2 is 2.23 bits per heavy atom. The summed E-state index contributed by atoms with van der Waals surface area (Å²) >= 11 is 0. The van der Waals surface area contributed by atoms with Gasteiger partial charge in [0.25, 0.3) is 0 Å². The van der Waals surface area contributed by atoms with Gasteiger partial charge in [0, 0.05) is 32.8 Å². The van der Waals surface area contributed by atoms with Crippen molar-refractivity contribution in [3.63, 3.8) is 0 Å². The van der Waals surface area contributed by atoms with Crippen LogP contribution in [0.25, 0.3) is 0 Å². The maximum atomic E-state index is 5.58. The molecule has 0 aromatic heterocycles. The zero-order chi connectivity index (χ0) is 9.68. The molecule has 1 aliphatic rings. The second-order valence-corrected chi connectivity index (χ2v) is 3.97. The van der Waals surface area contributed by atoms with Crippen molar-refractivity contribution in [3.8, 4) is 0 Å². The summed E-state index contributed by atoms with van der Waals surface area (Å²) in [5.74, 6) is 0. The monoisotopic (exact) mass is 186 g/mol. The summed E-state index contributed by atoms with van der Waals surface area (Å²) in [5.41, 5.74) is 0. The molecule has 13 heavy (non-hydrogen) atoms. The van der Waals surface area contributed by atoms with E-state index in [0.717, 1.165) is 19.7 Å². The Morgan fingerprint density at radius 1 is 1.46 bits per heavy atom. The lowest BCUT2D eigenvalue weighted by Crippen LogP contribution is -2.31. The zero-order valence-corrected chi connectivity index (χ0v) is 9.12. The third kappa shape index (κ3) is 4.07. The number of likely N-dealkylation sites (N-methyl/N-ethyl adjacent to an activating group) is 1. The summed E-state index contributed by atoms with van der Waals surface area (Å²) in [6, 6.07) is 0. The molecule has 1 aliphatic heterocycles. The van der Waals surface area contributed by atoms with Crippen molar-refractivity contribution in [1.29, 1.82) is 0 Å². The highest BCUT2D eigenvalue weighted by atomic mass is 16.5. The Labute approximate surface area is 81.7 Å². The van der Waals surface area contributed by atoms with Crippen LogP contribution in [0.3, 0.4) is 0 Å². The van der Waals surface area contributed by atoms with Crippen molar-refractivity contribution in [2.24, 2.45) is 0 Å². The molecule has 0 aliphatic carbocycles. The van der Waals surface area contributed by atoms with Crippen molar-refractivity contribution >= 4 is 0 Å². The minimum Gasteiger partial charge on any atom is -0.377 e. The first-order chi connectivity index (χ1) is 6.22. The van der Waals surface area contributed by atoms with Crippen molar-refractivity contribution < 1.29 is 4.74 Å². The minimum absolute atomic E-state index is 0.493. The molecule has 0 radical (unpaired) electrons. The Hall–Kier alpha value is -0.120. The number of rotatable bonds is 5. The van der Waals surface area contributed by atoms with Crippen LogP contribution < -0.4 is 0 Å². The van der Waals surface area contributed by atoms with Crippen LogP contribution in [0.1, 0.15) is 13.3 Å². The average Bonchev–Trinajstić information content (AvgIpc) is 2.50. The van der Waals surface area contributed by atoms with E-state index in [1.807, 2.05) is 0 Å². The molecule has 1 atom stereocenters. The summed E-state index contributed by atoms with van der Waals surface area (Å²) in [6.07, 6.45) is 1.70. The molecule has 1 fully saturated rings. The molecule has 0 amide bonds. The molecule has 1 rings (SSSR count). The van der Waals surface area contributed by atoms with E-state index in [-0.39, 0.29) is 0 Å². The molecule has 1 unspecified atom stereocenters. The molecule has 0 spiro atoms. The maximum absolute atomic E-state index is 5.58. The number of hydrogen-bond acceptors (Lipinski definition) is 3. The van der Waals surface area contributed by atoms with Gasteiger partial charge in [-0.25, -0.2) is 0 Å². The number of nitrogens with zero attached hydrogens (tertiary/aromatic N) is 2. The summed E-state index contributed by atoms with van der Waals surface area (Å²) < 4.78 is 5.58. The van der Waals surface area contributed by atoms with Gasteiger partial charge in [-0.1, -0.05) is 0 Å².